The third-order valence-electron chi connectivity index (χ3n) is 2.05. The minimum Gasteiger partial charge on any atom is -0.387 e. The number of rotatable bonds is 3. The van der Waals surface area contributed by atoms with Crippen molar-refractivity contribution in [3.8, 4) is 6.07 Å². The van der Waals surface area contributed by atoms with Crippen LogP contribution in [-0.4, -0.2) is 11.2 Å². The highest BCUT2D eigenvalue weighted by molar-refractivity contribution is 5.40. The number of aliphatic hydroxyl groups excluding tert-OH is 1. The molecular formula is C11H12N2O. The fraction of sp³-hybridized carbons (Fsp3) is 0.182. The van der Waals surface area contributed by atoms with E-state index in [1.54, 1.807) is 24.3 Å². The highest BCUT2D eigenvalue weighted by atomic mass is 16.3. The van der Waals surface area contributed by atoms with E-state index >= 15 is 0 Å². The van der Waals surface area contributed by atoms with E-state index in [9.17, 15) is 5.11 Å². The van der Waals surface area contributed by atoms with Crippen molar-refractivity contribution in [2.75, 3.05) is 0 Å². The molecule has 1 aromatic rings. The summed E-state index contributed by atoms with van der Waals surface area (Å²) in [6.07, 6.45) is 0.531. The molecule has 3 nitrogen and oxygen atoms in total. The van der Waals surface area contributed by atoms with Gasteiger partial charge in [-0.25, -0.2) is 0 Å². The Bertz CT molecular complexity index is 368. The minimum absolute atomic E-state index is 0.487. The lowest BCUT2D eigenvalue weighted by molar-refractivity contribution is 0.192. The highest BCUT2D eigenvalue weighted by Crippen LogP contribution is 2.18. The maximum atomic E-state index is 9.45. The Labute approximate surface area is 83.1 Å². The maximum Gasteiger partial charge on any atom is 0.0995 e. The number of nitrogens with zero attached hydrogens (tertiary/aromatic N) is 1. The van der Waals surface area contributed by atoms with E-state index in [2.05, 4.69) is 6.58 Å². The van der Waals surface area contributed by atoms with Gasteiger partial charge in [0.15, 0.2) is 0 Å². The Balaban J connectivity index is 3.06. The van der Waals surface area contributed by atoms with E-state index in [1.807, 2.05) is 6.07 Å². The Morgan fingerprint density at radius 3 is 2.71 bits per heavy atom. The van der Waals surface area contributed by atoms with Crippen LogP contribution in [0.5, 0.6) is 0 Å². The van der Waals surface area contributed by atoms with E-state index < -0.39 is 12.1 Å². The fourth-order valence-corrected chi connectivity index (χ4v) is 1.22. The summed E-state index contributed by atoms with van der Waals surface area (Å²) in [6.45, 7) is 3.45. The summed E-state index contributed by atoms with van der Waals surface area (Å²) in [4.78, 5) is 0. The number of benzene rings is 1. The van der Waals surface area contributed by atoms with E-state index in [1.165, 1.54) is 6.08 Å². The molecule has 0 saturated heterocycles. The van der Waals surface area contributed by atoms with Gasteiger partial charge in [0.1, 0.15) is 0 Å². The van der Waals surface area contributed by atoms with Crippen molar-refractivity contribution in [3.63, 3.8) is 0 Å². The molecule has 72 valence electrons. The molecule has 0 spiro atoms. The molecule has 14 heavy (non-hydrogen) atoms. The molecule has 0 aliphatic carbocycles. The molecule has 0 aliphatic rings. The molecule has 0 aromatic heterocycles. The number of hydrogen-bond donors (Lipinski definition) is 2. The van der Waals surface area contributed by atoms with Crippen molar-refractivity contribution >= 4 is 0 Å². The average Bonchev–Trinajstić information content (AvgIpc) is 2.26. The zero-order valence-corrected chi connectivity index (χ0v) is 7.72. The molecule has 2 atom stereocenters. The van der Waals surface area contributed by atoms with E-state index in [0.717, 1.165) is 0 Å². The van der Waals surface area contributed by atoms with Crippen LogP contribution in [0.15, 0.2) is 36.9 Å². The molecule has 0 heterocycles. The Hall–Kier alpha value is -1.63. The largest absolute Gasteiger partial charge is 0.387 e. The summed E-state index contributed by atoms with van der Waals surface area (Å²) >= 11 is 0. The summed E-state index contributed by atoms with van der Waals surface area (Å²) in [6, 6.07) is 8.38. The van der Waals surface area contributed by atoms with Crippen molar-refractivity contribution < 1.29 is 5.11 Å². The topological polar surface area (TPSA) is 70.0 Å². The van der Waals surface area contributed by atoms with Crippen molar-refractivity contribution in [1.29, 1.82) is 5.26 Å². The second-order valence-electron chi connectivity index (χ2n) is 2.95. The van der Waals surface area contributed by atoms with Crippen molar-refractivity contribution in [2.45, 2.75) is 12.1 Å². The summed E-state index contributed by atoms with van der Waals surface area (Å²) in [5.41, 5.74) is 6.88. The molecule has 2 unspecified atom stereocenters. The number of nitriles is 1. The van der Waals surface area contributed by atoms with Crippen molar-refractivity contribution in [1.82, 2.24) is 0 Å². The average molecular weight is 188 g/mol. The number of nitrogens with two attached hydrogens (primary N) is 1. The van der Waals surface area contributed by atoms with Crippen LogP contribution in [0.2, 0.25) is 0 Å². The van der Waals surface area contributed by atoms with Crippen LogP contribution in [0, 0.1) is 11.3 Å². The van der Waals surface area contributed by atoms with Gasteiger partial charge >= 0.3 is 0 Å². The van der Waals surface area contributed by atoms with Crippen LogP contribution in [0.1, 0.15) is 17.2 Å². The van der Waals surface area contributed by atoms with E-state index in [-0.39, 0.29) is 0 Å². The molecule has 0 aliphatic heterocycles. The summed E-state index contributed by atoms with van der Waals surface area (Å²) < 4.78 is 0. The monoisotopic (exact) mass is 188 g/mol. The maximum absolute atomic E-state index is 9.45. The number of aliphatic hydroxyl groups is 1. The second-order valence-corrected chi connectivity index (χ2v) is 2.95. The van der Waals surface area contributed by atoms with Crippen molar-refractivity contribution in [2.24, 2.45) is 5.73 Å². The summed E-state index contributed by atoms with van der Waals surface area (Å²) in [5, 5.41) is 18.3. The predicted molar refractivity (Wildman–Crippen MR) is 54.3 cm³/mol. The van der Waals surface area contributed by atoms with Gasteiger partial charge in [0.25, 0.3) is 0 Å². The minimum atomic E-state index is -0.829. The van der Waals surface area contributed by atoms with Crippen LogP contribution in [0.3, 0.4) is 0 Å². The normalized spacial score (nSPS) is 14.1. The van der Waals surface area contributed by atoms with Gasteiger partial charge in [0.2, 0.25) is 0 Å². The molecular weight excluding hydrogens is 176 g/mol. The SMILES string of the molecule is C=CC(O)C(N)c1ccccc1C#N. The van der Waals surface area contributed by atoms with E-state index in [4.69, 9.17) is 11.0 Å². The van der Waals surface area contributed by atoms with Gasteiger partial charge in [-0.15, -0.1) is 6.58 Å². The molecule has 3 N–H and O–H groups in total. The van der Waals surface area contributed by atoms with Gasteiger partial charge in [-0.3, -0.25) is 0 Å². The quantitative estimate of drug-likeness (QED) is 0.698. The third-order valence-corrected chi connectivity index (χ3v) is 2.05. The highest BCUT2D eigenvalue weighted by Gasteiger charge is 2.16. The summed E-state index contributed by atoms with van der Waals surface area (Å²) in [5.74, 6) is 0. The van der Waals surface area contributed by atoms with Gasteiger partial charge in [-0.2, -0.15) is 5.26 Å². The Kier molecular flexibility index (Phi) is 3.41. The van der Waals surface area contributed by atoms with Crippen LogP contribution in [0.4, 0.5) is 0 Å². The third kappa shape index (κ3) is 1.99. The lowest BCUT2D eigenvalue weighted by Crippen LogP contribution is -2.24. The molecule has 0 saturated carbocycles. The van der Waals surface area contributed by atoms with Crippen LogP contribution in [0.25, 0.3) is 0 Å². The first kappa shape index (κ1) is 10.5. The van der Waals surface area contributed by atoms with Crippen LogP contribution < -0.4 is 5.73 Å². The first-order valence-electron chi connectivity index (χ1n) is 4.26. The Morgan fingerprint density at radius 2 is 2.14 bits per heavy atom. The first-order valence-corrected chi connectivity index (χ1v) is 4.26. The molecule has 0 fully saturated rings. The van der Waals surface area contributed by atoms with Gasteiger partial charge in [-0.05, 0) is 11.6 Å². The van der Waals surface area contributed by atoms with Gasteiger partial charge in [0, 0.05) is 0 Å². The molecule has 0 radical (unpaired) electrons. The molecule has 3 heteroatoms. The van der Waals surface area contributed by atoms with Crippen LogP contribution >= 0.6 is 0 Å². The molecule has 0 amide bonds. The molecule has 0 bridgehead atoms. The lowest BCUT2D eigenvalue weighted by Gasteiger charge is -2.16. The fourth-order valence-electron chi connectivity index (χ4n) is 1.22. The summed E-state index contributed by atoms with van der Waals surface area (Å²) in [7, 11) is 0. The lowest BCUT2D eigenvalue weighted by atomic mass is 9.98. The zero-order valence-electron chi connectivity index (χ0n) is 7.72. The van der Waals surface area contributed by atoms with Gasteiger partial charge < -0.3 is 10.8 Å². The van der Waals surface area contributed by atoms with Gasteiger partial charge in [0.05, 0.1) is 23.8 Å². The predicted octanol–water partition coefficient (Wildman–Crippen LogP) is 1.10. The van der Waals surface area contributed by atoms with E-state index in [0.29, 0.717) is 11.1 Å². The van der Waals surface area contributed by atoms with Gasteiger partial charge in [-0.1, -0.05) is 24.3 Å². The first-order chi connectivity index (χ1) is 6.70. The zero-order chi connectivity index (χ0) is 10.6. The van der Waals surface area contributed by atoms with Crippen molar-refractivity contribution in [3.05, 3.63) is 48.0 Å². The second kappa shape index (κ2) is 4.56. The standard InChI is InChI=1S/C11H12N2O/c1-2-10(14)11(13)9-6-4-3-5-8(9)7-12/h2-6,10-11,14H,1,13H2. The Morgan fingerprint density at radius 1 is 1.50 bits per heavy atom. The molecule has 1 aromatic carbocycles. The number of hydrogen-bond acceptors (Lipinski definition) is 3. The smallest absolute Gasteiger partial charge is 0.0995 e. The van der Waals surface area contributed by atoms with Crippen LogP contribution in [-0.2, 0) is 0 Å². The molecule has 1 rings (SSSR count).